The Kier molecular flexibility index (Phi) is 8.23. The minimum absolute atomic E-state index is 0.120. The van der Waals surface area contributed by atoms with Crippen molar-refractivity contribution >= 4 is 17.2 Å². The topological polar surface area (TPSA) is 117 Å². The van der Waals surface area contributed by atoms with Crippen molar-refractivity contribution in [1.82, 2.24) is 39.1 Å². The Morgan fingerprint density at radius 3 is 2.67 bits per heavy atom. The Hall–Kier alpha value is -4.85. The predicted molar refractivity (Wildman–Crippen MR) is 163 cm³/mol. The maximum atomic E-state index is 13.4. The molecule has 14 heteroatoms. The normalized spacial score (nSPS) is 15.2. The van der Waals surface area contributed by atoms with Crippen LogP contribution in [-0.4, -0.2) is 70.7 Å². The number of rotatable bonds is 10. The molecule has 1 aromatic carbocycles. The van der Waals surface area contributed by atoms with E-state index in [1.165, 1.54) is 27.5 Å². The lowest BCUT2D eigenvalue weighted by atomic mass is 9.80. The van der Waals surface area contributed by atoms with Crippen molar-refractivity contribution in [3.05, 3.63) is 67.0 Å². The first-order valence-electron chi connectivity index (χ1n) is 14.7. The van der Waals surface area contributed by atoms with Gasteiger partial charge in [-0.05, 0) is 69.5 Å². The molecule has 6 rings (SSSR count). The fraction of sp³-hybridized carbons (Fsp3) is 0.387. The first kappa shape index (κ1) is 30.2. The average molecular weight is 620 g/mol. The number of anilines is 1. The monoisotopic (exact) mass is 619 g/mol. The third-order valence-corrected chi connectivity index (χ3v) is 8.15. The molecular formula is C31H35F2N9O3. The minimum Gasteiger partial charge on any atom is -0.454 e. The summed E-state index contributed by atoms with van der Waals surface area (Å²) >= 11 is 0. The number of alkyl halides is 2. The highest BCUT2D eigenvalue weighted by atomic mass is 19.3. The van der Waals surface area contributed by atoms with Gasteiger partial charge in [0.05, 0.1) is 29.8 Å². The van der Waals surface area contributed by atoms with Crippen LogP contribution in [0, 0.1) is 5.41 Å². The number of hydrogen-bond acceptors (Lipinski definition) is 8. The zero-order valence-corrected chi connectivity index (χ0v) is 25.5. The summed E-state index contributed by atoms with van der Waals surface area (Å²) in [6.45, 7) is 6.53. The Labute approximate surface area is 258 Å². The summed E-state index contributed by atoms with van der Waals surface area (Å²) in [6.07, 6.45) is 11.8. The van der Waals surface area contributed by atoms with E-state index in [-0.39, 0.29) is 33.7 Å². The fourth-order valence-corrected chi connectivity index (χ4v) is 5.66. The zero-order valence-electron chi connectivity index (χ0n) is 25.5. The van der Waals surface area contributed by atoms with Crippen LogP contribution in [0.1, 0.15) is 44.0 Å². The first-order valence-corrected chi connectivity index (χ1v) is 14.7. The van der Waals surface area contributed by atoms with Gasteiger partial charge >= 0.3 is 6.61 Å². The smallest absolute Gasteiger partial charge is 0.387 e. The van der Waals surface area contributed by atoms with E-state index in [9.17, 15) is 13.6 Å². The van der Waals surface area contributed by atoms with E-state index in [4.69, 9.17) is 9.47 Å². The highest BCUT2D eigenvalue weighted by Crippen LogP contribution is 2.39. The molecule has 5 aromatic rings. The van der Waals surface area contributed by atoms with Crippen LogP contribution in [0.3, 0.4) is 0 Å². The molecule has 45 heavy (non-hydrogen) atoms. The van der Waals surface area contributed by atoms with E-state index in [0.29, 0.717) is 23.2 Å². The van der Waals surface area contributed by atoms with Crippen molar-refractivity contribution in [2.24, 2.45) is 12.5 Å². The van der Waals surface area contributed by atoms with Gasteiger partial charge in [-0.2, -0.15) is 24.1 Å². The van der Waals surface area contributed by atoms with Crippen LogP contribution in [0.4, 0.5) is 14.5 Å². The van der Waals surface area contributed by atoms with Crippen LogP contribution < -0.4 is 14.8 Å². The van der Waals surface area contributed by atoms with Crippen molar-refractivity contribution in [2.45, 2.75) is 52.8 Å². The molecule has 0 bridgehead atoms. The number of hydrogen-bond donors (Lipinski definition) is 1. The Morgan fingerprint density at radius 2 is 1.91 bits per heavy atom. The van der Waals surface area contributed by atoms with Gasteiger partial charge in [-0.15, -0.1) is 0 Å². The molecule has 12 nitrogen and oxygen atoms in total. The number of amides is 1. The molecule has 1 fully saturated rings. The number of aryl methyl sites for hydroxylation is 1. The van der Waals surface area contributed by atoms with Gasteiger partial charge in [0.2, 0.25) is 0 Å². The fourth-order valence-electron chi connectivity index (χ4n) is 5.66. The second-order valence-electron chi connectivity index (χ2n) is 11.9. The molecule has 1 aliphatic rings. The number of carbonyl (C=O) groups is 1. The Balaban J connectivity index is 1.23. The summed E-state index contributed by atoms with van der Waals surface area (Å²) in [5.41, 5.74) is 1.43. The standard InChI is InChI=1S/C31H35F2N9O3/c1-20(2)40-12-8-31(3,9-13-40)19-41-17-22(15-35-41)44-21-6-7-26(45-30(32)33)23(14-21)27-25(18-39(4)38-27)37-29(43)24-16-36-42-11-5-10-34-28(24)42/h5-7,10-11,14-18,20,30H,8-9,12-13,19H2,1-4H3,(H,37,43). The maximum absolute atomic E-state index is 13.4. The molecule has 0 unspecified atom stereocenters. The maximum Gasteiger partial charge on any atom is 0.387 e. The highest BCUT2D eigenvalue weighted by molar-refractivity contribution is 6.09. The van der Waals surface area contributed by atoms with E-state index < -0.39 is 12.5 Å². The summed E-state index contributed by atoms with van der Waals surface area (Å²) in [5, 5.41) is 15.9. The van der Waals surface area contributed by atoms with Gasteiger partial charge in [-0.3, -0.25) is 14.2 Å². The lowest BCUT2D eigenvalue weighted by molar-refractivity contribution is -0.0494. The van der Waals surface area contributed by atoms with Crippen LogP contribution in [0.25, 0.3) is 16.9 Å². The molecule has 1 amide bonds. The lowest BCUT2D eigenvalue weighted by Gasteiger charge is -2.41. The molecule has 1 saturated heterocycles. The molecular weight excluding hydrogens is 584 g/mol. The van der Waals surface area contributed by atoms with Crippen molar-refractivity contribution in [1.29, 1.82) is 0 Å². The minimum atomic E-state index is -3.07. The number of ether oxygens (including phenoxy) is 2. The van der Waals surface area contributed by atoms with Crippen molar-refractivity contribution in [2.75, 3.05) is 18.4 Å². The second kappa shape index (κ2) is 12.3. The van der Waals surface area contributed by atoms with Crippen LogP contribution in [0.5, 0.6) is 17.2 Å². The van der Waals surface area contributed by atoms with Crippen molar-refractivity contribution in [3.63, 3.8) is 0 Å². The number of carbonyl (C=O) groups excluding carboxylic acids is 1. The zero-order chi connectivity index (χ0) is 31.7. The molecule has 0 saturated carbocycles. The number of aromatic nitrogens is 7. The van der Waals surface area contributed by atoms with Gasteiger partial charge in [-0.1, -0.05) is 6.92 Å². The van der Waals surface area contributed by atoms with Crippen LogP contribution in [-0.2, 0) is 13.6 Å². The molecule has 0 spiro atoms. The molecule has 1 aliphatic heterocycles. The summed E-state index contributed by atoms with van der Waals surface area (Å²) in [5.74, 6) is 0.248. The number of likely N-dealkylation sites (tertiary alicyclic amines) is 1. The molecule has 4 aromatic heterocycles. The van der Waals surface area contributed by atoms with Gasteiger partial charge in [0.15, 0.2) is 11.4 Å². The molecule has 1 N–H and O–H groups in total. The van der Waals surface area contributed by atoms with Crippen molar-refractivity contribution in [3.8, 4) is 28.5 Å². The SMILES string of the molecule is CC(C)N1CCC(C)(Cn2cc(Oc3ccc(OC(F)F)c(-c4nn(C)cc4NC(=O)c4cnn5cccnc45)c3)cn2)CC1. The quantitative estimate of drug-likeness (QED) is 0.218. The van der Waals surface area contributed by atoms with Crippen LogP contribution >= 0.6 is 0 Å². The van der Waals surface area contributed by atoms with Gasteiger partial charge in [0.1, 0.15) is 22.8 Å². The third-order valence-electron chi connectivity index (χ3n) is 8.15. The van der Waals surface area contributed by atoms with Gasteiger partial charge < -0.3 is 19.7 Å². The van der Waals surface area contributed by atoms with E-state index in [2.05, 4.69) is 51.3 Å². The van der Waals surface area contributed by atoms with Gasteiger partial charge in [-0.25, -0.2) is 9.50 Å². The Bertz CT molecular complexity index is 1800. The van der Waals surface area contributed by atoms with Gasteiger partial charge in [0.25, 0.3) is 5.91 Å². The van der Waals surface area contributed by atoms with E-state index in [1.807, 2.05) is 10.9 Å². The molecule has 0 radical (unpaired) electrons. The summed E-state index contributed by atoms with van der Waals surface area (Å²) in [4.78, 5) is 20.0. The van der Waals surface area contributed by atoms with Crippen LogP contribution in [0.2, 0.25) is 0 Å². The van der Waals surface area contributed by atoms with E-state index in [0.717, 1.165) is 32.5 Å². The number of piperidine rings is 1. The van der Waals surface area contributed by atoms with Crippen molar-refractivity contribution < 1.29 is 23.0 Å². The third kappa shape index (κ3) is 6.65. The van der Waals surface area contributed by atoms with E-state index >= 15 is 0 Å². The summed E-state index contributed by atoms with van der Waals surface area (Å²) in [7, 11) is 1.66. The number of nitrogens with zero attached hydrogens (tertiary/aromatic N) is 8. The number of nitrogens with one attached hydrogen (secondary N) is 1. The molecule has 236 valence electrons. The number of benzene rings is 1. The number of fused-ring (bicyclic) bond motifs is 1. The molecule has 0 atom stereocenters. The first-order chi connectivity index (χ1) is 21.6. The average Bonchev–Trinajstić information content (AvgIpc) is 3.72. The van der Waals surface area contributed by atoms with E-state index in [1.54, 1.807) is 44.0 Å². The predicted octanol–water partition coefficient (Wildman–Crippen LogP) is 5.48. The molecule has 5 heterocycles. The lowest BCUT2D eigenvalue weighted by Crippen LogP contribution is -2.43. The summed E-state index contributed by atoms with van der Waals surface area (Å²) < 4.78 is 42.6. The summed E-state index contributed by atoms with van der Waals surface area (Å²) in [6, 6.07) is 6.71. The largest absolute Gasteiger partial charge is 0.454 e. The second-order valence-corrected chi connectivity index (χ2v) is 11.9. The number of halogens is 2. The van der Waals surface area contributed by atoms with Gasteiger partial charge in [0, 0.05) is 38.2 Å². The Morgan fingerprint density at radius 1 is 1.11 bits per heavy atom. The van der Waals surface area contributed by atoms with Crippen LogP contribution in [0.15, 0.2) is 61.4 Å². The molecule has 0 aliphatic carbocycles. The highest BCUT2D eigenvalue weighted by Gasteiger charge is 2.31.